The highest BCUT2D eigenvalue weighted by Gasteiger charge is 2.12. The molecule has 0 fully saturated rings. The van der Waals surface area contributed by atoms with Crippen LogP contribution in [-0.2, 0) is 11.2 Å². The van der Waals surface area contributed by atoms with Crippen molar-refractivity contribution in [2.75, 3.05) is 5.32 Å². The summed E-state index contributed by atoms with van der Waals surface area (Å²) in [7, 11) is 0. The van der Waals surface area contributed by atoms with Gasteiger partial charge in [-0.05, 0) is 37.6 Å². The fraction of sp³-hybridized carbons (Fsp3) is 0.286. The Labute approximate surface area is 116 Å². The molecule has 100 valence electrons. The lowest BCUT2D eigenvalue weighted by Crippen LogP contribution is -2.15. The lowest BCUT2D eigenvalue weighted by atomic mass is 10.2. The molecule has 5 heteroatoms. The van der Waals surface area contributed by atoms with E-state index in [9.17, 15) is 4.79 Å². The smallest absolute Gasteiger partial charge is 0.232 e. The van der Waals surface area contributed by atoms with E-state index in [1.165, 1.54) is 0 Å². The maximum atomic E-state index is 11.9. The van der Waals surface area contributed by atoms with Gasteiger partial charge in [0.2, 0.25) is 5.91 Å². The number of nitrogens with zero attached hydrogens (tertiary/aromatic N) is 1. The topological polar surface area (TPSA) is 55.1 Å². The first kappa shape index (κ1) is 13.6. The molecule has 1 heterocycles. The van der Waals surface area contributed by atoms with Gasteiger partial charge in [0.15, 0.2) is 5.89 Å². The molecule has 4 nitrogen and oxygen atoms in total. The molecule has 0 unspecified atom stereocenters. The Hall–Kier alpha value is -1.81. The maximum Gasteiger partial charge on any atom is 0.232 e. The first-order chi connectivity index (χ1) is 8.95. The molecule has 1 amide bonds. The number of hydrogen-bond acceptors (Lipinski definition) is 3. The van der Waals surface area contributed by atoms with Crippen LogP contribution in [0, 0.1) is 20.8 Å². The predicted molar refractivity (Wildman–Crippen MR) is 74.5 cm³/mol. The van der Waals surface area contributed by atoms with Crippen LogP contribution in [0.25, 0.3) is 0 Å². The summed E-state index contributed by atoms with van der Waals surface area (Å²) >= 11 is 5.87. The van der Waals surface area contributed by atoms with Crippen LogP contribution >= 0.6 is 11.6 Å². The number of carbonyl (C=O) groups is 1. The number of anilines is 1. The largest absolute Gasteiger partial charge is 0.445 e. The summed E-state index contributed by atoms with van der Waals surface area (Å²) in [4.78, 5) is 16.1. The molecule has 0 aliphatic rings. The molecule has 0 atom stereocenters. The number of aryl methyl sites for hydroxylation is 3. The van der Waals surface area contributed by atoms with Crippen molar-refractivity contribution in [3.63, 3.8) is 0 Å². The monoisotopic (exact) mass is 278 g/mol. The van der Waals surface area contributed by atoms with Crippen molar-refractivity contribution in [2.24, 2.45) is 0 Å². The Morgan fingerprint density at radius 2 is 2.11 bits per heavy atom. The van der Waals surface area contributed by atoms with Crippen molar-refractivity contribution in [1.82, 2.24) is 4.98 Å². The van der Waals surface area contributed by atoms with Gasteiger partial charge in [0.25, 0.3) is 0 Å². The van der Waals surface area contributed by atoms with Gasteiger partial charge in [0, 0.05) is 17.6 Å². The van der Waals surface area contributed by atoms with E-state index >= 15 is 0 Å². The second kappa shape index (κ2) is 5.45. The number of carbonyl (C=O) groups excluding carboxylic acids is 1. The molecule has 1 aromatic carbocycles. The van der Waals surface area contributed by atoms with Crippen molar-refractivity contribution in [2.45, 2.75) is 27.2 Å². The Kier molecular flexibility index (Phi) is 3.90. The predicted octanol–water partition coefficient (Wildman–Crippen LogP) is 3.43. The molecule has 0 aliphatic carbocycles. The minimum atomic E-state index is -0.135. The molecule has 2 aromatic rings. The van der Waals surface area contributed by atoms with Crippen molar-refractivity contribution in [3.05, 3.63) is 46.1 Å². The molecular formula is C14H15ClN2O2. The van der Waals surface area contributed by atoms with Crippen molar-refractivity contribution in [3.8, 4) is 0 Å². The molecule has 0 bridgehead atoms. The number of rotatable bonds is 3. The third kappa shape index (κ3) is 3.35. The highest BCUT2D eigenvalue weighted by atomic mass is 35.5. The molecule has 1 N–H and O–H groups in total. The van der Waals surface area contributed by atoms with Gasteiger partial charge >= 0.3 is 0 Å². The van der Waals surface area contributed by atoms with E-state index in [4.69, 9.17) is 16.0 Å². The molecular weight excluding hydrogens is 264 g/mol. The van der Waals surface area contributed by atoms with Crippen LogP contribution in [0.5, 0.6) is 0 Å². The Morgan fingerprint density at radius 1 is 1.37 bits per heavy atom. The van der Waals surface area contributed by atoms with Gasteiger partial charge in [-0.3, -0.25) is 4.79 Å². The van der Waals surface area contributed by atoms with E-state index in [2.05, 4.69) is 10.3 Å². The number of benzene rings is 1. The summed E-state index contributed by atoms with van der Waals surface area (Å²) in [6.07, 6.45) is 0.175. The molecule has 0 saturated carbocycles. The summed E-state index contributed by atoms with van der Waals surface area (Å²) in [6.45, 7) is 5.48. The number of amides is 1. The van der Waals surface area contributed by atoms with Gasteiger partial charge in [-0.2, -0.15) is 0 Å². The lowest BCUT2D eigenvalue weighted by molar-refractivity contribution is -0.115. The SMILES string of the molecule is Cc1nc(C)c(CC(=O)Nc2ccc(Cl)cc2C)o1. The first-order valence-corrected chi connectivity index (χ1v) is 6.32. The Balaban J connectivity index is 2.07. The quantitative estimate of drug-likeness (QED) is 0.936. The third-order valence-electron chi connectivity index (χ3n) is 2.78. The number of aromatic nitrogens is 1. The molecule has 19 heavy (non-hydrogen) atoms. The summed E-state index contributed by atoms with van der Waals surface area (Å²) in [5.74, 6) is 1.04. The molecule has 0 spiro atoms. The van der Waals surface area contributed by atoms with Gasteiger partial charge in [-0.1, -0.05) is 11.6 Å². The molecule has 0 saturated heterocycles. The highest BCUT2D eigenvalue weighted by Crippen LogP contribution is 2.20. The van der Waals surface area contributed by atoms with Crippen LogP contribution in [0.1, 0.15) is 22.9 Å². The second-order valence-electron chi connectivity index (χ2n) is 4.43. The number of hydrogen-bond donors (Lipinski definition) is 1. The average Bonchev–Trinajstić information content (AvgIpc) is 2.61. The maximum absolute atomic E-state index is 11.9. The second-order valence-corrected chi connectivity index (χ2v) is 4.86. The van der Waals surface area contributed by atoms with Crippen LogP contribution in [0.2, 0.25) is 5.02 Å². The lowest BCUT2D eigenvalue weighted by Gasteiger charge is -2.08. The summed E-state index contributed by atoms with van der Waals surface area (Å²) in [6, 6.07) is 5.34. The van der Waals surface area contributed by atoms with Crippen molar-refractivity contribution in [1.29, 1.82) is 0 Å². The van der Waals surface area contributed by atoms with Gasteiger partial charge < -0.3 is 9.73 Å². The van der Waals surface area contributed by atoms with Gasteiger partial charge in [-0.15, -0.1) is 0 Å². The van der Waals surface area contributed by atoms with Crippen LogP contribution in [0.4, 0.5) is 5.69 Å². The van der Waals surface area contributed by atoms with Gasteiger partial charge in [-0.25, -0.2) is 4.98 Å². The zero-order chi connectivity index (χ0) is 14.0. The number of halogens is 1. The molecule has 0 aliphatic heterocycles. The normalized spacial score (nSPS) is 10.5. The minimum Gasteiger partial charge on any atom is -0.445 e. The molecule has 2 rings (SSSR count). The summed E-state index contributed by atoms with van der Waals surface area (Å²) < 4.78 is 5.38. The van der Waals surface area contributed by atoms with Crippen LogP contribution in [0.3, 0.4) is 0 Å². The zero-order valence-corrected chi connectivity index (χ0v) is 11.8. The van der Waals surface area contributed by atoms with E-state index in [1.54, 1.807) is 25.1 Å². The van der Waals surface area contributed by atoms with Crippen LogP contribution < -0.4 is 5.32 Å². The Bertz CT molecular complexity index is 620. The third-order valence-corrected chi connectivity index (χ3v) is 3.02. The number of nitrogens with one attached hydrogen (secondary N) is 1. The fourth-order valence-electron chi connectivity index (χ4n) is 1.85. The van der Waals surface area contributed by atoms with Gasteiger partial charge in [0.1, 0.15) is 5.76 Å². The minimum absolute atomic E-state index is 0.135. The van der Waals surface area contributed by atoms with Crippen LogP contribution in [-0.4, -0.2) is 10.9 Å². The number of oxazole rings is 1. The van der Waals surface area contributed by atoms with Gasteiger partial charge in [0.05, 0.1) is 12.1 Å². The zero-order valence-electron chi connectivity index (χ0n) is 11.1. The first-order valence-electron chi connectivity index (χ1n) is 5.94. The van der Waals surface area contributed by atoms with E-state index in [1.807, 2.05) is 13.8 Å². The van der Waals surface area contributed by atoms with E-state index in [0.717, 1.165) is 16.9 Å². The average molecular weight is 279 g/mol. The summed E-state index contributed by atoms with van der Waals surface area (Å²) in [5, 5.41) is 3.49. The van der Waals surface area contributed by atoms with Crippen molar-refractivity contribution < 1.29 is 9.21 Å². The molecule has 0 radical (unpaired) electrons. The van der Waals surface area contributed by atoms with E-state index in [0.29, 0.717) is 16.7 Å². The van der Waals surface area contributed by atoms with E-state index in [-0.39, 0.29) is 12.3 Å². The van der Waals surface area contributed by atoms with Crippen molar-refractivity contribution >= 4 is 23.2 Å². The van der Waals surface area contributed by atoms with Crippen LogP contribution in [0.15, 0.2) is 22.6 Å². The molecule has 1 aromatic heterocycles. The standard InChI is InChI=1S/C14H15ClN2O2/c1-8-6-11(15)4-5-12(8)17-14(18)7-13-9(2)16-10(3)19-13/h4-6H,7H2,1-3H3,(H,17,18). The fourth-order valence-corrected chi connectivity index (χ4v) is 2.07. The highest BCUT2D eigenvalue weighted by molar-refractivity contribution is 6.30. The Morgan fingerprint density at radius 3 is 2.68 bits per heavy atom. The van der Waals surface area contributed by atoms with E-state index < -0.39 is 0 Å². The summed E-state index contributed by atoms with van der Waals surface area (Å²) in [5.41, 5.74) is 2.43.